The molecule has 0 spiro atoms. The van der Waals surface area contributed by atoms with E-state index in [0.29, 0.717) is 24.4 Å². The van der Waals surface area contributed by atoms with Crippen molar-refractivity contribution in [1.82, 2.24) is 4.31 Å². The molecule has 5 nitrogen and oxygen atoms in total. The van der Waals surface area contributed by atoms with E-state index in [1.54, 1.807) is 0 Å². The average molecular weight is 449 g/mol. The fourth-order valence-electron chi connectivity index (χ4n) is 3.42. The highest BCUT2D eigenvalue weighted by atomic mass is 32.2. The molecule has 0 bridgehead atoms. The summed E-state index contributed by atoms with van der Waals surface area (Å²) in [6.07, 6.45) is 1.48. The number of benzene rings is 3. The summed E-state index contributed by atoms with van der Waals surface area (Å²) in [7, 11) is -3.59. The Morgan fingerprint density at radius 3 is 1.62 bits per heavy atom. The van der Waals surface area contributed by atoms with Crippen LogP contribution in [0.2, 0.25) is 0 Å². The molecule has 0 fully saturated rings. The molecule has 32 heavy (non-hydrogen) atoms. The van der Waals surface area contributed by atoms with Crippen molar-refractivity contribution in [3.8, 4) is 0 Å². The van der Waals surface area contributed by atoms with Crippen LogP contribution >= 0.6 is 0 Å². The highest BCUT2D eigenvalue weighted by molar-refractivity contribution is 7.89. The molecule has 0 unspecified atom stereocenters. The Balaban J connectivity index is 1.92. The number of sulfonamides is 1. The van der Waals surface area contributed by atoms with Crippen LogP contribution < -0.4 is 0 Å². The molecule has 0 aliphatic rings. The number of hydrogen-bond acceptors (Lipinski definition) is 3. The van der Waals surface area contributed by atoms with Crippen molar-refractivity contribution in [2.75, 3.05) is 13.1 Å². The second-order valence-electron chi connectivity index (χ2n) is 7.43. The molecule has 3 rings (SSSR count). The number of aliphatic imine (C=N–C) groups is 1. The van der Waals surface area contributed by atoms with Gasteiger partial charge in [0.05, 0.1) is 10.6 Å². The zero-order valence-electron chi connectivity index (χ0n) is 18.4. The van der Waals surface area contributed by atoms with Gasteiger partial charge in [-0.05, 0) is 37.1 Å². The summed E-state index contributed by atoms with van der Waals surface area (Å²) in [4.78, 5) is 17.5. The van der Waals surface area contributed by atoms with Crippen molar-refractivity contribution >= 4 is 21.6 Å². The minimum atomic E-state index is -3.59. The quantitative estimate of drug-likeness (QED) is 0.424. The molecule has 6 heteroatoms. The number of hydrogen-bond donors (Lipinski definition) is 0. The van der Waals surface area contributed by atoms with Gasteiger partial charge in [-0.25, -0.2) is 13.4 Å². The fourth-order valence-corrected chi connectivity index (χ4v) is 5.05. The maximum Gasteiger partial charge on any atom is 0.277 e. The van der Waals surface area contributed by atoms with E-state index in [0.717, 1.165) is 24.0 Å². The van der Waals surface area contributed by atoms with E-state index in [4.69, 9.17) is 0 Å². The zero-order chi connectivity index (χ0) is 23.0. The second kappa shape index (κ2) is 11.0. The van der Waals surface area contributed by atoms with E-state index in [1.807, 2.05) is 74.5 Å². The molecule has 3 aromatic rings. The van der Waals surface area contributed by atoms with Crippen LogP contribution in [0.1, 0.15) is 48.2 Å². The van der Waals surface area contributed by atoms with E-state index < -0.39 is 15.9 Å². The Hall–Kier alpha value is -3.09. The highest BCUT2D eigenvalue weighted by Gasteiger charge is 2.23. The van der Waals surface area contributed by atoms with Crippen molar-refractivity contribution in [3.63, 3.8) is 0 Å². The maximum atomic E-state index is 13.0. The second-order valence-corrected chi connectivity index (χ2v) is 9.36. The Kier molecular flexibility index (Phi) is 8.09. The Morgan fingerprint density at radius 1 is 0.719 bits per heavy atom. The molecule has 0 aromatic heterocycles. The summed E-state index contributed by atoms with van der Waals surface area (Å²) in [5.74, 6) is -0.421. The Bertz CT molecular complexity index is 1110. The van der Waals surface area contributed by atoms with Gasteiger partial charge in [0.25, 0.3) is 5.91 Å². The first-order chi connectivity index (χ1) is 15.5. The zero-order valence-corrected chi connectivity index (χ0v) is 19.3. The average Bonchev–Trinajstić information content (AvgIpc) is 2.83. The molecule has 0 saturated carbocycles. The number of nitrogens with zero attached hydrogens (tertiary/aromatic N) is 2. The molecule has 0 aliphatic carbocycles. The van der Waals surface area contributed by atoms with E-state index >= 15 is 0 Å². The molecular formula is C26H28N2O3S. The summed E-state index contributed by atoms with van der Waals surface area (Å²) in [5.41, 5.74) is 2.58. The molecule has 1 amide bonds. The van der Waals surface area contributed by atoms with E-state index in [-0.39, 0.29) is 4.90 Å². The monoisotopic (exact) mass is 448 g/mol. The SMILES string of the molecule is CCCN(CCC)S(=O)(=O)c1ccc(C(=O)N=C(c2ccccc2)c2ccccc2)cc1. The summed E-state index contributed by atoms with van der Waals surface area (Å²) < 4.78 is 27.4. The summed E-state index contributed by atoms with van der Waals surface area (Å²) in [6, 6.07) is 25.1. The van der Waals surface area contributed by atoms with Gasteiger partial charge in [0.15, 0.2) is 0 Å². The van der Waals surface area contributed by atoms with Crippen molar-refractivity contribution in [1.29, 1.82) is 0 Å². The summed E-state index contributed by atoms with van der Waals surface area (Å²) >= 11 is 0. The maximum absolute atomic E-state index is 13.0. The lowest BCUT2D eigenvalue weighted by Gasteiger charge is -2.21. The van der Waals surface area contributed by atoms with Gasteiger partial charge >= 0.3 is 0 Å². The van der Waals surface area contributed by atoms with Crippen molar-refractivity contribution < 1.29 is 13.2 Å². The first-order valence-corrected chi connectivity index (χ1v) is 12.3. The third-order valence-electron chi connectivity index (χ3n) is 4.99. The van der Waals surface area contributed by atoms with Crippen molar-refractivity contribution in [2.45, 2.75) is 31.6 Å². The topological polar surface area (TPSA) is 66.8 Å². The van der Waals surface area contributed by atoms with E-state index in [9.17, 15) is 13.2 Å². The summed E-state index contributed by atoms with van der Waals surface area (Å²) in [5, 5.41) is 0. The lowest BCUT2D eigenvalue weighted by molar-refractivity contribution is 0.100. The number of carbonyl (C=O) groups excluding carboxylic acids is 1. The molecule has 0 saturated heterocycles. The predicted molar refractivity (Wildman–Crippen MR) is 129 cm³/mol. The van der Waals surface area contributed by atoms with Gasteiger partial charge in [-0.2, -0.15) is 4.31 Å². The standard InChI is InChI=1S/C26H28N2O3S/c1-3-19-28(20-4-2)32(30,31)24-17-15-23(16-18-24)26(29)27-25(21-11-7-5-8-12-21)22-13-9-6-10-14-22/h5-18H,3-4,19-20H2,1-2H3. The first-order valence-electron chi connectivity index (χ1n) is 10.8. The van der Waals surface area contributed by atoms with Crippen LogP contribution in [-0.2, 0) is 10.0 Å². The van der Waals surface area contributed by atoms with Crippen LogP contribution in [0, 0.1) is 0 Å². The van der Waals surface area contributed by atoms with Crippen LogP contribution in [0.5, 0.6) is 0 Å². The molecule has 0 N–H and O–H groups in total. The van der Waals surface area contributed by atoms with Gasteiger partial charge < -0.3 is 0 Å². The van der Waals surface area contributed by atoms with Gasteiger partial charge in [0.1, 0.15) is 0 Å². The Labute approximate surface area is 190 Å². The third kappa shape index (κ3) is 5.58. The van der Waals surface area contributed by atoms with Gasteiger partial charge in [-0.3, -0.25) is 4.79 Å². The van der Waals surface area contributed by atoms with Crippen LogP contribution in [-0.4, -0.2) is 37.4 Å². The van der Waals surface area contributed by atoms with E-state index in [1.165, 1.54) is 28.6 Å². The smallest absolute Gasteiger partial charge is 0.267 e. The lowest BCUT2D eigenvalue weighted by atomic mass is 10.0. The number of rotatable bonds is 9. The summed E-state index contributed by atoms with van der Waals surface area (Å²) in [6.45, 7) is 4.85. The van der Waals surface area contributed by atoms with Crippen LogP contribution in [0.3, 0.4) is 0 Å². The highest BCUT2D eigenvalue weighted by Crippen LogP contribution is 2.19. The molecule has 3 aromatic carbocycles. The molecule has 0 aliphatic heterocycles. The van der Waals surface area contributed by atoms with Gasteiger partial charge in [0.2, 0.25) is 10.0 Å². The van der Waals surface area contributed by atoms with Gasteiger partial charge in [-0.15, -0.1) is 0 Å². The minimum Gasteiger partial charge on any atom is -0.267 e. The third-order valence-corrected chi connectivity index (χ3v) is 6.91. The molecular weight excluding hydrogens is 420 g/mol. The lowest BCUT2D eigenvalue weighted by Crippen LogP contribution is -2.32. The van der Waals surface area contributed by atoms with Crippen molar-refractivity contribution in [2.24, 2.45) is 4.99 Å². The molecule has 0 radical (unpaired) electrons. The number of amides is 1. The minimum absolute atomic E-state index is 0.186. The van der Waals surface area contributed by atoms with Gasteiger partial charge in [0, 0.05) is 29.8 Å². The number of carbonyl (C=O) groups is 1. The Morgan fingerprint density at radius 2 is 1.19 bits per heavy atom. The molecule has 166 valence electrons. The van der Waals surface area contributed by atoms with Crippen molar-refractivity contribution in [3.05, 3.63) is 102 Å². The molecule has 0 atom stereocenters. The van der Waals surface area contributed by atoms with Crippen LogP contribution in [0.4, 0.5) is 0 Å². The van der Waals surface area contributed by atoms with Crippen LogP contribution in [0.15, 0.2) is 94.8 Å². The van der Waals surface area contributed by atoms with Gasteiger partial charge in [-0.1, -0.05) is 74.5 Å². The molecule has 0 heterocycles. The van der Waals surface area contributed by atoms with E-state index in [2.05, 4.69) is 4.99 Å². The first kappa shape index (κ1) is 23.6. The normalized spacial score (nSPS) is 11.3. The fraction of sp³-hybridized carbons (Fsp3) is 0.231. The predicted octanol–water partition coefficient (Wildman–Crippen LogP) is 5.18. The van der Waals surface area contributed by atoms with Crippen LogP contribution in [0.25, 0.3) is 0 Å². The largest absolute Gasteiger partial charge is 0.277 e.